The predicted octanol–water partition coefficient (Wildman–Crippen LogP) is 3.70. The molecule has 0 bridgehead atoms. The number of pyridine rings is 1. The van der Waals surface area contributed by atoms with Crippen molar-refractivity contribution in [1.82, 2.24) is 4.90 Å². The minimum absolute atomic E-state index is 0.0558. The average Bonchev–Trinajstić information content (AvgIpc) is 2.69. The monoisotopic (exact) mass is 392 g/mol. The van der Waals surface area contributed by atoms with Gasteiger partial charge < -0.3 is 4.90 Å². The molecule has 0 radical (unpaired) electrons. The van der Waals surface area contributed by atoms with Crippen LogP contribution in [0, 0.1) is 12.8 Å². The topological polar surface area (TPSA) is 37.7 Å². The number of halogens is 3. The normalized spacial score (nSPS) is 15.5. The third kappa shape index (κ3) is 4.64. The number of amides is 1. The van der Waals surface area contributed by atoms with E-state index in [1.165, 1.54) is 6.07 Å². The third-order valence-electron chi connectivity index (χ3n) is 5.35. The van der Waals surface area contributed by atoms with Gasteiger partial charge in [-0.2, -0.15) is 13.2 Å². The molecule has 1 amide bonds. The van der Waals surface area contributed by atoms with Gasteiger partial charge in [-0.25, -0.2) is 4.98 Å². The van der Waals surface area contributed by atoms with Gasteiger partial charge in [0, 0.05) is 25.6 Å². The maximum atomic E-state index is 12.8. The molecule has 1 aliphatic rings. The summed E-state index contributed by atoms with van der Waals surface area (Å²) in [7, 11) is 1.82. The van der Waals surface area contributed by atoms with Crippen LogP contribution in [-0.2, 0) is 17.5 Å². The van der Waals surface area contributed by atoms with Crippen LogP contribution in [0.3, 0.4) is 0 Å². The molecule has 0 atom stereocenters. The van der Waals surface area contributed by atoms with Crippen molar-refractivity contribution in [2.24, 2.45) is 5.92 Å². The Morgan fingerprint density at radius 3 is 2.43 bits per heavy atom. The second kappa shape index (κ2) is 8.20. The molecule has 1 saturated heterocycles. The van der Waals surface area contributed by atoms with E-state index in [-0.39, 0.29) is 11.8 Å². The summed E-state index contributed by atoms with van der Waals surface area (Å²) < 4.78 is 38.0. The zero-order valence-electron chi connectivity index (χ0n) is 16.1. The first kappa shape index (κ1) is 20.2. The van der Waals surface area contributed by atoms with Gasteiger partial charge >= 0.3 is 6.18 Å². The van der Waals surface area contributed by atoms with Crippen molar-refractivity contribution in [3.8, 4) is 0 Å². The van der Waals surface area contributed by atoms with Crippen LogP contribution in [0.2, 0.25) is 0 Å². The lowest BCUT2D eigenvalue weighted by atomic mass is 9.95. The molecule has 1 aromatic carbocycles. The second-order valence-corrected chi connectivity index (χ2v) is 7.34. The molecule has 0 spiro atoms. The summed E-state index contributed by atoms with van der Waals surface area (Å²) in [6.45, 7) is 3.89. The van der Waals surface area contributed by atoms with Crippen molar-refractivity contribution >= 4 is 11.7 Å². The maximum absolute atomic E-state index is 12.8. The van der Waals surface area contributed by atoms with E-state index >= 15 is 0 Å². The molecule has 7 heteroatoms. The lowest BCUT2D eigenvalue weighted by Crippen LogP contribution is -2.42. The van der Waals surface area contributed by atoms with Gasteiger partial charge in [0.1, 0.15) is 6.20 Å². The number of nitrogens with zero attached hydrogens (tertiary/aromatic N) is 2. The fourth-order valence-corrected chi connectivity index (χ4v) is 3.59. The summed E-state index contributed by atoms with van der Waals surface area (Å²) >= 11 is 0. The minimum Gasteiger partial charge on any atom is -0.341 e. The van der Waals surface area contributed by atoms with Crippen LogP contribution in [-0.4, -0.2) is 30.9 Å². The fourth-order valence-electron chi connectivity index (χ4n) is 3.59. The van der Waals surface area contributed by atoms with Crippen LogP contribution < -0.4 is 9.88 Å². The SMILES string of the molecule is Cc1ccccc1CN(C)C(=O)C1CCN(c2ccc(C(F)(F)F)c[nH+]2)CC1. The van der Waals surface area contributed by atoms with E-state index in [0.29, 0.717) is 38.3 Å². The van der Waals surface area contributed by atoms with E-state index in [2.05, 4.69) is 4.98 Å². The molecule has 1 aliphatic heterocycles. The number of H-pyrrole nitrogens is 1. The van der Waals surface area contributed by atoms with E-state index < -0.39 is 11.7 Å². The highest BCUT2D eigenvalue weighted by molar-refractivity contribution is 5.79. The van der Waals surface area contributed by atoms with Gasteiger partial charge in [-0.1, -0.05) is 24.3 Å². The molecule has 4 nitrogen and oxygen atoms in total. The van der Waals surface area contributed by atoms with Gasteiger partial charge in [0.25, 0.3) is 5.82 Å². The van der Waals surface area contributed by atoms with Gasteiger partial charge in [0.05, 0.1) is 18.7 Å². The number of hydrogen-bond acceptors (Lipinski definition) is 2. The lowest BCUT2D eigenvalue weighted by molar-refractivity contribution is -0.367. The molecule has 0 unspecified atom stereocenters. The molecular formula is C21H25F3N3O+. The van der Waals surface area contributed by atoms with E-state index in [1.54, 1.807) is 4.90 Å². The maximum Gasteiger partial charge on any atom is 0.419 e. The quantitative estimate of drug-likeness (QED) is 0.796. The zero-order chi connectivity index (χ0) is 20.3. The molecular weight excluding hydrogens is 367 g/mol. The number of piperidine rings is 1. The van der Waals surface area contributed by atoms with Crippen LogP contribution in [0.1, 0.15) is 29.5 Å². The molecule has 2 heterocycles. The van der Waals surface area contributed by atoms with Crippen molar-refractivity contribution < 1.29 is 22.9 Å². The Labute approximate surface area is 163 Å². The Kier molecular flexibility index (Phi) is 5.91. The molecule has 2 aromatic rings. The van der Waals surface area contributed by atoms with Gasteiger partial charge in [-0.05, 0) is 37.0 Å². The van der Waals surface area contributed by atoms with Crippen LogP contribution in [0.4, 0.5) is 19.0 Å². The number of carbonyl (C=O) groups is 1. The van der Waals surface area contributed by atoms with E-state index in [1.807, 2.05) is 43.1 Å². The zero-order valence-corrected chi connectivity index (χ0v) is 16.1. The number of carbonyl (C=O) groups excluding carboxylic acids is 1. The largest absolute Gasteiger partial charge is 0.419 e. The van der Waals surface area contributed by atoms with Gasteiger partial charge in [-0.15, -0.1) is 0 Å². The summed E-state index contributed by atoms with van der Waals surface area (Å²) in [4.78, 5) is 19.3. The summed E-state index contributed by atoms with van der Waals surface area (Å²) in [5.74, 6) is 0.714. The number of anilines is 1. The molecule has 1 N–H and O–H groups in total. The van der Waals surface area contributed by atoms with Crippen LogP contribution >= 0.6 is 0 Å². The highest BCUT2D eigenvalue weighted by atomic mass is 19.4. The summed E-state index contributed by atoms with van der Waals surface area (Å²) in [5.41, 5.74) is 1.60. The second-order valence-electron chi connectivity index (χ2n) is 7.34. The van der Waals surface area contributed by atoms with Crippen molar-refractivity contribution in [2.75, 3.05) is 25.0 Å². The Balaban J connectivity index is 1.56. The van der Waals surface area contributed by atoms with Gasteiger partial charge in [0.2, 0.25) is 5.91 Å². The number of aromatic nitrogens is 1. The molecule has 1 fully saturated rings. The highest BCUT2D eigenvalue weighted by Gasteiger charge is 2.34. The number of hydrogen-bond donors (Lipinski definition) is 0. The first-order valence-corrected chi connectivity index (χ1v) is 9.39. The summed E-state index contributed by atoms with van der Waals surface area (Å²) in [6, 6.07) is 10.6. The van der Waals surface area contributed by atoms with E-state index in [9.17, 15) is 18.0 Å². The number of rotatable bonds is 4. The summed E-state index contributed by atoms with van der Waals surface area (Å²) in [5, 5.41) is 0. The van der Waals surface area contributed by atoms with Crippen LogP contribution in [0.5, 0.6) is 0 Å². The van der Waals surface area contributed by atoms with Crippen LogP contribution in [0.25, 0.3) is 0 Å². The van der Waals surface area contributed by atoms with Crippen molar-refractivity contribution in [1.29, 1.82) is 0 Å². The van der Waals surface area contributed by atoms with Crippen molar-refractivity contribution in [3.05, 3.63) is 59.3 Å². The van der Waals surface area contributed by atoms with Gasteiger partial charge in [-0.3, -0.25) is 9.69 Å². The number of benzene rings is 1. The molecule has 3 rings (SSSR count). The first-order chi connectivity index (χ1) is 13.3. The average molecular weight is 392 g/mol. The fraction of sp³-hybridized carbons (Fsp3) is 0.429. The third-order valence-corrected chi connectivity index (χ3v) is 5.35. The van der Waals surface area contributed by atoms with Crippen molar-refractivity contribution in [2.45, 2.75) is 32.5 Å². The smallest absolute Gasteiger partial charge is 0.341 e. The molecule has 28 heavy (non-hydrogen) atoms. The Morgan fingerprint density at radius 2 is 1.86 bits per heavy atom. The van der Waals surface area contributed by atoms with E-state index in [4.69, 9.17) is 0 Å². The lowest BCUT2D eigenvalue weighted by Gasteiger charge is -2.30. The minimum atomic E-state index is -4.35. The molecule has 150 valence electrons. The first-order valence-electron chi connectivity index (χ1n) is 9.39. The number of aryl methyl sites for hydroxylation is 1. The standard InChI is InChI=1S/C21H24F3N3O/c1-15-5-3-4-6-17(15)14-26(2)20(28)16-9-11-27(12-10-16)19-8-7-18(13-25-19)21(22,23)24/h3-8,13,16H,9-12,14H2,1-2H3/p+1. The van der Waals surface area contributed by atoms with Crippen LogP contribution in [0.15, 0.2) is 42.6 Å². The Hall–Kier alpha value is -2.57. The molecule has 0 aliphatic carbocycles. The Bertz CT molecular complexity index is 812. The summed E-state index contributed by atoms with van der Waals surface area (Å²) in [6.07, 6.45) is -1.99. The number of alkyl halides is 3. The number of nitrogens with one attached hydrogen (secondary N) is 1. The van der Waals surface area contributed by atoms with Crippen molar-refractivity contribution in [3.63, 3.8) is 0 Å². The van der Waals surface area contributed by atoms with Gasteiger partial charge in [0.15, 0.2) is 0 Å². The molecule has 1 aromatic heterocycles. The number of aromatic amines is 1. The predicted molar refractivity (Wildman–Crippen MR) is 101 cm³/mol. The molecule has 0 saturated carbocycles. The van der Waals surface area contributed by atoms with E-state index in [0.717, 1.165) is 23.4 Å². The Morgan fingerprint density at radius 1 is 1.18 bits per heavy atom. The highest BCUT2D eigenvalue weighted by Crippen LogP contribution is 2.29.